The lowest BCUT2D eigenvalue weighted by molar-refractivity contribution is -0.139. The Labute approximate surface area is 272 Å². The first-order chi connectivity index (χ1) is 22.8. The van der Waals surface area contributed by atoms with Crippen LogP contribution < -0.4 is 0 Å². The van der Waals surface area contributed by atoms with Crippen LogP contribution in [0.1, 0.15) is 10.4 Å². The Hall–Kier alpha value is -2.50. The molecule has 46 heavy (non-hydrogen) atoms. The van der Waals surface area contributed by atoms with E-state index in [9.17, 15) is 9.59 Å². The number of hydrogen-bond acceptors (Lipinski definition) is 14. The molecule has 1 rings (SSSR count). The van der Waals surface area contributed by atoms with Gasteiger partial charge in [-0.1, -0.05) is 36.9 Å². The third-order valence-electron chi connectivity index (χ3n) is 5.49. The van der Waals surface area contributed by atoms with Crippen molar-refractivity contribution in [1.29, 1.82) is 0 Å². The molecule has 0 aliphatic heterocycles. The molecule has 1 aromatic rings. The van der Waals surface area contributed by atoms with Gasteiger partial charge in [0.05, 0.1) is 138 Å². The van der Waals surface area contributed by atoms with Gasteiger partial charge in [0, 0.05) is 5.56 Å². The highest BCUT2D eigenvalue weighted by atomic mass is 16.6. The first kappa shape index (κ1) is 41.5. The molecule has 0 radical (unpaired) electrons. The van der Waals surface area contributed by atoms with Gasteiger partial charge in [0.1, 0.15) is 13.2 Å². The van der Waals surface area contributed by atoms with Gasteiger partial charge >= 0.3 is 5.97 Å². The zero-order valence-corrected chi connectivity index (χ0v) is 26.9. The Bertz CT molecular complexity index is 826. The molecule has 0 aliphatic carbocycles. The summed E-state index contributed by atoms with van der Waals surface area (Å²) in [5.74, 6) is -1.57. The van der Waals surface area contributed by atoms with Crippen molar-refractivity contribution in [2.45, 2.75) is 0 Å². The van der Waals surface area contributed by atoms with Crippen LogP contribution in [0.3, 0.4) is 0 Å². The predicted molar refractivity (Wildman–Crippen MR) is 166 cm³/mol. The Kier molecular flexibility index (Phi) is 30.6. The number of Topliss-reactive ketones (excluding diaryl/α,β-unsaturated/α-hetero) is 1. The van der Waals surface area contributed by atoms with Crippen LogP contribution in [0.15, 0.2) is 43.2 Å². The molecule has 0 amide bonds. The van der Waals surface area contributed by atoms with Crippen molar-refractivity contribution >= 4 is 11.8 Å². The summed E-state index contributed by atoms with van der Waals surface area (Å²) in [6, 6.07) is 8.25. The summed E-state index contributed by atoms with van der Waals surface area (Å²) in [4.78, 5) is 23.6. The number of benzene rings is 1. The lowest BCUT2D eigenvalue weighted by atomic mass is 10.1. The van der Waals surface area contributed by atoms with Crippen molar-refractivity contribution in [1.82, 2.24) is 0 Å². The lowest BCUT2D eigenvalue weighted by Gasteiger charge is -2.09. The van der Waals surface area contributed by atoms with Crippen molar-refractivity contribution in [3.63, 3.8) is 0 Å². The maximum atomic E-state index is 11.9. The van der Waals surface area contributed by atoms with Gasteiger partial charge in [-0.05, 0) is 0 Å². The zero-order valence-electron chi connectivity index (χ0n) is 26.9. The number of rotatable bonds is 36. The minimum absolute atomic E-state index is 0.00324. The number of carbonyl (C=O) groups is 2. The van der Waals surface area contributed by atoms with Gasteiger partial charge in [-0.2, -0.15) is 0 Å². The standard InChI is InChI=1S/C32H52O14/c1-2-35-8-9-36-10-11-37-12-13-38-14-15-39-16-17-40-18-19-41-20-21-42-22-23-43-24-25-44-26-27-45-28-29-46-32(34)31(33)30-6-4-3-5-7-30/h2-7H,1,8-29H2. The molecule has 0 N–H and O–H groups in total. The minimum Gasteiger partial charge on any atom is -0.499 e. The van der Waals surface area contributed by atoms with Gasteiger partial charge in [-0.3, -0.25) is 4.79 Å². The van der Waals surface area contributed by atoms with Crippen LogP contribution >= 0.6 is 0 Å². The molecule has 0 saturated carbocycles. The topological polar surface area (TPSA) is 145 Å². The summed E-state index contributed by atoms with van der Waals surface area (Å²) >= 11 is 0. The SMILES string of the molecule is C=COCCOCCOCCOCCOCCOCCOCCOCCOCCOCCOCCOC(=O)C(=O)c1ccccc1. The van der Waals surface area contributed by atoms with Crippen molar-refractivity contribution in [2.75, 3.05) is 145 Å². The summed E-state index contributed by atoms with van der Waals surface area (Å²) in [5, 5.41) is 0. The van der Waals surface area contributed by atoms with Crippen LogP contribution in [0.5, 0.6) is 0 Å². The maximum Gasteiger partial charge on any atom is 0.379 e. The molecule has 1 aromatic carbocycles. The lowest BCUT2D eigenvalue weighted by Crippen LogP contribution is -2.20. The molecule has 14 nitrogen and oxygen atoms in total. The monoisotopic (exact) mass is 660 g/mol. The quantitative estimate of drug-likeness (QED) is 0.0339. The van der Waals surface area contributed by atoms with Crippen LogP contribution in [0.2, 0.25) is 0 Å². The summed E-state index contributed by atoms with van der Waals surface area (Å²) in [6.45, 7) is 13.1. The first-order valence-electron chi connectivity index (χ1n) is 15.5. The Morgan fingerprint density at radius 1 is 0.435 bits per heavy atom. The smallest absolute Gasteiger partial charge is 0.379 e. The number of hydrogen-bond donors (Lipinski definition) is 0. The molecule has 0 saturated heterocycles. The minimum atomic E-state index is -0.898. The van der Waals surface area contributed by atoms with Crippen molar-refractivity contribution < 1.29 is 66.4 Å². The summed E-state index contributed by atoms with van der Waals surface area (Å²) < 4.78 is 64.0. The number of ketones is 1. The highest BCUT2D eigenvalue weighted by Crippen LogP contribution is 2.01. The Morgan fingerprint density at radius 2 is 0.717 bits per heavy atom. The molecule has 0 spiro atoms. The fourth-order valence-electron chi connectivity index (χ4n) is 3.24. The van der Waals surface area contributed by atoms with E-state index in [1.54, 1.807) is 30.3 Å². The van der Waals surface area contributed by atoms with E-state index in [4.69, 9.17) is 56.8 Å². The summed E-state index contributed by atoms with van der Waals surface area (Å²) in [5.41, 5.74) is 0.295. The molecule has 0 fully saturated rings. The van der Waals surface area contributed by atoms with Crippen LogP contribution in [-0.4, -0.2) is 157 Å². The molecule has 0 heterocycles. The van der Waals surface area contributed by atoms with E-state index >= 15 is 0 Å². The zero-order chi connectivity index (χ0) is 33.0. The highest BCUT2D eigenvalue weighted by molar-refractivity contribution is 6.40. The van der Waals surface area contributed by atoms with E-state index in [2.05, 4.69) is 6.58 Å². The van der Waals surface area contributed by atoms with E-state index in [-0.39, 0.29) is 13.2 Å². The Balaban J connectivity index is 1.66. The van der Waals surface area contributed by atoms with Crippen molar-refractivity contribution in [2.24, 2.45) is 0 Å². The van der Waals surface area contributed by atoms with Gasteiger partial charge < -0.3 is 56.8 Å². The summed E-state index contributed by atoms with van der Waals surface area (Å²) in [7, 11) is 0. The maximum absolute atomic E-state index is 11.9. The highest BCUT2D eigenvalue weighted by Gasteiger charge is 2.17. The van der Waals surface area contributed by atoms with E-state index in [0.717, 1.165) is 0 Å². The van der Waals surface area contributed by atoms with E-state index in [0.29, 0.717) is 138 Å². The third kappa shape index (κ3) is 27.8. The molecule has 14 heteroatoms. The Morgan fingerprint density at radius 3 is 1.02 bits per heavy atom. The second-order valence-corrected chi connectivity index (χ2v) is 8.99. The van der Waals surface area contributed by atoms with Gasteiger partial charge in [-0.15, -0.1) is 0 Å². The van der Waals surface area contributed by atoms with Gasteiger partial charge in [0.25, 0.3) is 5.78 Å². The molecule has 0 bridgehead atoms. The second-order valence-electron chi connectivity index (χ2n) is 8.99. The van der Waals surface area contributed by atoms with Gasteiger partial charge in [-0.25, -0.2) is 4.79 Å². The molecule has 0 unspecified atom stereocenters. The van der Waals surface area contributed by atoms with E-state index in [1.807, 2.05) is 0 Å². The predicted octanol–water partition coefficient (Wildman–Crippen LogP) is 1.74. The normalized spacial score (nSPS) is 11.0. The van der Waals surface area contributed by atoms with E-state index in [1.165, 1.54) is 6.26 Å². The molecule has 264 valence electrons. The first-order valence-corrected chi connectivity index (χ1v) is 15.5. The largest absolute Gasteiger partial charge is 0.499 e. The number of esters is 1. The van der Waals surface area contributed by atoms with Crippen LogP contribution in [0.25, 0.3) is 0 Å². The molecule has 0 aromatic heterocycles. The number of ether oxygens (including phenoxy) is 12. The van der Waals surface area contributed by atoms with Crippen molar-refractivity contribution in [3.05, 3.63) is 48.7 Å². The average molecular weight is 661 g/mol. The van der Waals surface area contributed by atoms with Gasteiger partial charge in [0.2, 0.25) is 0 Å². The second kappa shape index (κ2) is 33.9. The number of carbonyl (C=O) groups excluding carboxylic acids is 2. The molecular weight excluding hydrogens is 608 g/mol. The van der Waals surface area contributed by atoms with Crippen LogP contribution in [0, 0.1) is 0 Å². The fraction of sp³-hybridized carbons (Fsp3) is 0.688. The van der Waals surface area contributed by atoms with Crippen LogP contribution in [0.4, 0.5) is 0 Å². The van der Waals surface area contributed by atoms with Crippen molar-refractivity contribution in [3.8, 4) is 0 Å². The van der Waals surface area contributed by atoms with Crippen LogP contribution in [-0.2, 0) is 61.6 Å². The molecular formula is C32H52O14. The molecule has 0 aliphatic rings. The third-order valence-corrected chi connectivity index (χ3v) is 5.49. The van der Waals surface area contributed by atoms with Gasteiger partial charge in [0.15, 0.2) is 0 Å². The fourth-order valence-corrected chi connectivity index (χ4v) is 3.24. The summed E-state index contributed by atoms with van der Waals surface area (Å²) in [6.07, 6.45) is 1.39. The molecule has 0 atom stereocenters. The average Bonchev–Trinajstić information content (AvgIpc) is 3.08. The van der Waals surface area contributed by atoms with E-state index < -0.39 is 11.8 Å².